The van der Waals surface area contributed by atoms with E-state index in [4.69, 9.17) is 11.6 Å². The molecule has 0 radical (unpaired) electrons. The summed E-state index contributed by atoms with van der Waals surface area (Å²) in [5.74, 6) is 0. The number of fused-ring (bicyclic) bond motifs is 1. The molecule has 1 heterocycles. The molecule has 0 unspecified atom stereocenters. The summed E-state index contributed by atoms with van der Waals surface area (Å²) < 4.78 is 0. The van der Waals surface area contributed by atoms with Crippen LogP contribution in [0, 0.1) is 10.1 Å². The first-order valence-corrected chi connectivity index (χ1v) is 8.12. The van der Waals surface area contributed by atoms with Crippen LogP contribution < -0.4 is 5.32 Å². The van der Waals surface area contributed by atoms with Crippen LogP contribution in [0.2, 0.25) is 5.02 Å². The highest BCUT2D eigenvalue weighted by molar-refractivity contribution is 6.31. The largest absolute Gasteiger partial charge is 0.342 e. The molecule has 1 aliphatic heterocycles. The smallest absolute Gasteiger partial charge is 0.339 e. The number of nitrogens with one attached hydrogen (secondary N) is 1. The number of urea groups is 1. The number of hydrogen-bond donors (Lipinski definition) is 1. The van der Waals surface area contributed by atoms with Gasteiger partial charge in [-0.25, -0.2) is 4.79 Å². The molecule has 3 rings (SSSR count). The van der Waals surface area contributed by atoms with Crippen LogP contribution in [0.15, 0.2) is 53.3 Å². The van der Waals surface area contributed by atoms with E-state index in [0.29, 0.717) is 22.0 Å². The van der Waals surface area contributed by atoms with E-state index >= 15 is 0 Å². The van der Waals surface area contributed by atoms with Gasteiger partial charge in [0, 0.05) is 41.0 Å². The minimum atomic E-state index is -0.463. The van der Waals surface area contributed by atoms with Gasteiger partial charge in [-0.15, -0.1) is 0 Å². The fourth-order valence-electron chi connectivity index (χ4n) is 2.65. The number of amides is 2. The van der Waals surface area contributed by atoms with Gasteiger partial charge in [-0.3, -0.25) is 10.1 Å². The maximum Gasteiger partial charge on any atom is 0.342 e. The van der Waals surface area contributed by atoms with Crippen LogP contribution in [0.25, 0.3) is 6.08 Å². The third-order valence-electron chi connectivity index (χ3n) is 3.93. The second kappa shape index (κ2) is 6.97. The lowest BCUT2D eigenvalue weighted by Crippen LogP contribution is -2.33. The highest BCUT2D eigenvalue weighted by Gasteiger charge is 2.22. The van der Waals surface area contributed by atoms with E-state index in [1.54, 1.807) is 31.2 Å². The van der Waals surface area contributed by atoms with Gasteiger partial charge in [0.2, 0.25) is 0 Å². The van der Waals surface area contributed by atoms with Crippen molar-refractivity contribution in [3.05, 3.63) is 80.0 Å². The molecule has 8 heteroatoms. The van der Waals surface area contributed by atoms with Gasteiger partial charge < -0.3 is 5.32 Å². The summed E-state index contributed by atoms with van der Waals surface area (Å²) in [6.45, 7) is 1.77. The van der Waals surface area contributed by atoms with Crippen LogP contribution in [-0.2, 0) is 0 Å². The Kier molecular flexibility index (Phi) is 4.73. The lowest BCUT2D eigenvalue weighted by atomic mass is 9.97. The van der Waals surface area contributed by atoms with Crippen LogP contribution in [0.5, 0.6) is 0 Å². The van der Waals surface area contributed by atoms with Crippen molar-refractivity contribution in [3.63, 3.8) is 0 Å². The van der Waals surface area contributed by atoms with Gasteiger partial charge in [0.15, 0.2) is 0 Å². The predicted octanol–water partition coefficient (Wildman–Crippen LogP) is 4.02. The summed E-state index contributed by atoms with van der Waals surface area (Å²) in [7, 11) is 1.52. The molecular weight excluding hydrogens is 356 g/mol. The zero-order chi connectivity index (χ0) is 18.8. The Labute approximate surface area is 154 Å². The molecule has 2 aromatic carbocycles. The average molecular weight is 371 g/mol. The zero-order valence-electron chi connectivity index (χ0n) is 14.1. The molecule has 0 saturated carbocycles. The topological polar surface area (TPSA) is 87.8 Å². The van der Waals surface area contributed by atoms with Crippen molar-refractivity contribution in [2.75, 3.05) is 7.05 Å². The number of non-ortho nitro benzene ring substituents is 1. The Morgan fingerprint density at radius 1 is 1.23 bits per heavy atom. The number of allylic oxidation sites excluding steroid dienone is 1. The molecule has 2 amide bonds. The number of hydrogen-bond acceptors (Lipinski definition) is 4. The van der Waals surface area contributed by atoms with Gasteiger partial charge in [0.05, 0.1) is 10.6 Å². The van der Waals surface area contributed by atoms with Crippen LogP contribution in [0.3, 0.4) is 0 Å². The molecule has 7 nitrogen and oxygen atoms in total. The zero-order valence-corrected chi connectivity index (χ0v) is 14.8. The number of nitro benzene ring substituents is 1. The Balaban J connectivity index is 2.20. The minimum Gasteiger partial charge on any atom is -0.339 e. The van der Waals surface area contributed by atoms with Crippen molar-refractivity contribution in [2.45, 2.75) is 6.92 Å². The number of carbonyl (C=O) groups is 1. The Morgan fingerprint density at radius 2 is 1.92 bits per heavy atom. The molecule has 132 valence electrons. The van der Waals surface area contributed by atoms with E-state index < -0.39 is 11.0 Å². The van der Waals surface area contributed by atoms with Crippen molar-refractivity contribution in [2.24, 2.45) is 5.10 Å². The van der Waals surface area contributed by atoms with Crippen LogP contribution >= 0.6 is 11.6 Å². The molecule has 0 saturated heterocycles. The number of nitro groups is 1. The summed E-state index contributed by atoms with van der Waals surface area (Å²) in [6, 6.07) is 11.0. The Morgan fingerprint density at radius 3 is 2.54 bits per heavy atom. The number of hydrazone groups is 1. The SMILES string of the molecule is CNC(=O)N1N=C(c2ccc([N+](=O)[O-])cc2)c2ccc(Cl)cc2C=C1C. The van der Waals surface area contributed by atoms with E-state index in [1.807, 2.05) is 12.1 Å². The summed E-state index contributed by atoms with van der Waals surface area (Å²) in [4.78, 5) is 22.7. The van der Waals surface area contributed by atoms with Crippen molar-refractivity contribution in [1.29, 1.82) is 0 Å². The summed E-state index contributed by atoms with van der Waals surface area (Å²) in [5.41, 5.74) is 3.34. The van der Waals surface area contributed by atoms with Crippen LogP contribution in [0.1, 0.15) is 23.6 Å². The molecule has 26 heavy (non-hydrogen) atoms. The second-order valence-corrected chi connectivity index (χ2v) is 6.07. The first-order valence-electron chi connectivity index (χ1n) is 7.74. The van der Waals surface area contributed by atoms with Crippen molar-refractivity contribution in [3.8, 4) is 0 Å². The minimum absolute atomic E-state index is 0.0169. The summed E-state index contributed by atoms with van der Waals surface area (Å²) in [6.07, 6.45) is 1.82. The number of halogens is 1. The maximum atomic E-state index is 12.2. The standard InChI is InChI=1S/C18H15ClN4O3/c1-11-9-13-10-14(19)5-8-16(13)17(21-22(11)18(24)20-2)12-3-6-15(7-4-12)23(25)26/h3-10H,1-2H3,(H,20,24). The maximum absolute atomic E-state index is 12.2. The fraction of sp³-hybridized carbons (Fsp3) is 0.111. The normalized spacial score (nSPS) is 13.3. The van der Waals surface area contributed by atoms with Gasteiger partial charge in [-0.05, 0) is 42.8 Å². The van der Waals surface area contributed by atoms with Gasteiger partial charge in [-0.1, -0.05) is 17.7 Å². The number of nitrogens with zero attached hydrogens (tertiary/aromatic N) is 3. The molecule has 0 fully saturated rings. The van der Waals surface area contributed by atoms with E-state index in [-0.39, 0.29) is 5.69 Å². The van der Waals surface area contributed by atoms with Crippen LogP contribution in [0.4, 0.5) is 10.5 Å². The van der Waals surface area contributed by atoms with Gasteiger partial charge in [0.25, 0.3) is 5.69 Å². The van der Waals surface area contributed by atoms with E-state index in [9.17, 15) is 14.9 Å². The quantitative estimate of drug-likeness (QED) is 0.639. The molecule has 1 N–H and O–H groups in total. The van der Waals surface area contributed by atoms with E-state index in [2.05, 4.69) is 10.4 Å². The molecule has 1 aliphatic rings. The molecular formula is C18H15ClN4O3. The number of benzene rings is 2. The molecule has 0 aliphatic carbocycles. The molecule has 0 bridgehead atoms. The highest BCUT2D eigenvalue weighted by atomic mass is 35.5. The Bertz CT molecular complexity index is 951. The third kappa shape index (κ3) is 3.29. The van der Waals surface area contributed by atoms with Gasteiger partial charge in [-0.2, -0.15) is 10.1 Å². The Hall–Kier alpha value is -3.19. The van der Waals surface area contributed by atoms with E-state index in [1.165, 1.54) is 24.2 Å². The first kappa shape index (κ1) is 17.6. The van der Waals surface area contributed by atoms with Crippen molar-refractivity contribution in [1.82, 2.24) is 10.3 Å². The van der Waals surface area contributed by atoms with Crippen molar-refractivity contribution >= 4 is 35.1 Å². The fourth-order valence-corrected chi connectivity index (χ4v) is 2.83. The van der Waals surface area contributed by atoms with Crippen molar-refractivity contribution < 1.29 is 9.72 Å². The summed E-state index contributed by atoms with van der Waals surface area (Å²) in [5, 5.41) is 19.8. The second-order valence-electron chi connectivity index (χ2n) is 5.64. The molecule has 2 aromatic rings. The summed E-state index contributed by atoms with van der Waals surface area (Å²) >= 11 is 6.12. The van der Waals surface area contributed by atoms with Gasteiger partial charge in [0.1, 0.15) is 0 Å². The molecule has 0 aromatic heterocycles. The van der Waals surface area contributed by atoms with E-state index in [0.717, 1.165) is 11.1 Å². The lowest BCUT2D eigenvalue weighted by molar-refractivity contribution is -0.384. The average Bonchev–Trinajstić information content (AvgIpc) is 2.76. The highest BCUT2D eigenvalue weighted by Crippen LogP contribution is 2.27. The monoisotopic (exact) mass is 370 g/mol. The van der Waals surface area contributed by atoms with Gasteiger partial charge >= 0.3 is 6.03 Å². The van der Waals surface area contributed by atoms with Crippen LogP contribution in [-0.4, -0.2) is 28.7 Å². The lowest BCUT2D eigenvalue weighted by Gasteiger charge is -2.17. The molecule has 0 atom stereocenters. The molecule has 0 spiro atoms. The predicted molar refractivity (Wildman–Crippen MR) is 100 cm³/mol. The third-order valence-corrected chi connectivity index (χ3v) is 4.16. The number of rotatable bonds is 2. The first-order chi connectivity index (χ1) is 12.4. The number of carbonyl (C=O) groups excluding carboxylic acids is 1.